The van der Waals surface area contributed by atoms with E-state index in [9.17, 15) is 29.8 Å². The fraction of sp³-hybridized carbons (Fsp3) is 0.375. The first-order valence-electron chi connectivity index (χ1n) is 12.8. The van der Waals surface area contributed by atoms with Gasteiger partial charge in [0.1, 0.15) is 30.8 Å². The quantitative estimate of drug-likeness (QED) is 0.0457. The first-order chi connectivity index (χ1) is 20.8. The van der Waals surface area contributed by atoms with Crippen molar-refractivity contribution in [3.05, 3.63) is 105 Å². The van der Waals surface area contributed by atoms with E-state index in [2.05, 4.69) is 0 Å². The molecule has 0 spiro atoms. The van der Waals surface area contributed by atoms with Gasteiger partial charge in [-0.05, 0) is 29.8 Å². The van der Waals surface area contributed by atoms with Crippen LogP contribution in [0.4, 0.5) is 21.0 Å². The molecule has 0 N–H and O–H groups in total. The van der Waals surface area contributed by atoms with Crippen molar-refractivity contribution in [3.8, 4) is 11.5 Å². The number of non-ortho nitro benzene ring substituents is 2. The second-order valence-electron chi connectivity index (χ2n) is 8.47. The molecular formula is C32H44N2O13. The Bertz CT molecular complexity index is 1320. The van der Waals surface area contributed by atoms with Gasteiger partial charge in [0.2, 0.25) is 0 Å². The fourth-order valence-electron chi connectivity index (χ4n) is 3.29. The maximum absolute atomic E-state index is 11.9. The molecule has 3 aromatic carbocycles. The van der Waals surface area contributed by atoms with Crippen molar-refractivity contribution in [1.29, 1.82) is 0 Å². The molecule has 0 heterocycles. The molecule has 47 heavy (non-hydrogen) atoms. The van der Waals surface area contributed by atoms with Gasteiger partial charge in [0.25, 0.3) is 11.4 Å². The van der Waals surface area contributed by atoms with Crippen LogP contribution in [0.15, 0.2) is 78.9 Å². The smallest absolute Gasteiger partial charge is 0.432 e. The normalized spacial score (nSPS) is 10.3. The Balaban J connectivity index is 0. The Morgan fingerprint density at radius 3 is 1.51 bits per heavy atom. The number of ether oxygens (including phenoxy) is 7. The summed E-state index contributed by atoms with van der Waals surface area (Å²) in [5, 5.41) is 21.4. The van der Waals surface area contributed by atoms with Crippen molar-refractivity contribution in [2.75, 3.05) is 39.6 Å². The number of hydrogen-bond donors (Lipinski definition) is 0. The Morgan fingerprint density at radius 1 is 0.596 bits per heavy atom. The highest BCUT2D eigenvalue weighted by Gasteiger charge is 2.14. The number of hydrogen-bond acceptors (Lipinski definition) is 13. The topological polar surface area (TPSA) is 185 Å². The SMILES string of the molecule is C.C.C.C.O=C(OCCOCC(COCc1ccccc1)OCCOC(=O)Oc1ccc([N+](=O)[O-])cc1)Oc1ccc([N+](=O)[O-])cc1. The van der Waals surface area contributed by atoms with Crippen LogP contribution in [0, 0.1) is 20.2 Å². The predicted octanol–water partition coefficient (Wildman–Crippen LogP) is 7.40. The van der Waals surface area contributed by atoms with E-state index in [1.54, 1.807) is 0 Å². The molecule has 0 amide bonds. The summed E-state index contributed by atoms with van der Waals surface area (Å²) >= 11 is 0. The lowest BCUT2D eigenvalue weighted by Crippen LogP contribution is -2.28. The van der Waals surface area contributed by atoms with E-state index in [1.165, 1.54) is 48.5 Å². The van der Waals surface area contributed by atoms with Crippen LogP contribution < -0.4 is 9.47 Å². The number of nitrogens with zero attached hydrogens (tertiary/aromatic N) is 2. The molecule has 0 bridgehead atoms. The molecule has 3 aromatic rings. The van der Waals surface area contributed by atoms with Gasteiger partial charge >= 0.3 is 12.3 Å². The molecule has 260 valence electrons. The van der Waals surface area contributed by atoms with E-state index >= 15 is 0 Å². The van der Waals surface area contributed by atoms with Crippen LogP contribution in [-0.4, -0.2) is 67.9 Å². The largest absolute Gasteiger partial charge is 0.513 e. The number of nitro benzene ring substituents is 2. The maximum Gasteiger partial charge on any atom is 0.513 e. The van der Waals surface area contributed by atoms with Gasteiger partial charge in [0, 0.05) is 24.3 Å². The maximum atomic E-state index is 11.9. The zero-order valence-corrected chi connectivity index (χ0v) is 22.7. The molecule has 1 unspecified atom stereocenters. The van der Waals surface area contributed by atoms with Crippen LogP contribution in [0.2, 0.25) is 0 Å². The van der Waals surface area contributed by atoms with Crippen LogP contribution in [0.1, 0.15) is 35.3 Å². The number of carbonyl (C=O) groups excluding carboxylic acids is 2. The van der Waals surface area contributed by atoms with E-state index in [0.717, 1.165) is 5.56 Å². The van der Waals surface area contributed by atoms with Crippen LogP contribution in [0.5, 0.6) is 11.5 Å². The molecule has 15 heteroatoms. The summed E-state index contributed by atoms with van der Waals surface area (Å²) in [5.74, 6) is 0.162. The molecule has 0 aliphatic carbocycles. The average molecular weight is 665 g/mol. The summed E-state index contributed by atoms with van der Waals surface area (Å²) in [6.45, 7) is 0.228. The van der Waals surface area contributed by atoms with Crippen molar-refractivity contribution in [2.24, 2.45) is 0 Å². The lowest BCUT2D eigenvalue weighted by molar-refractivity contribution is -0.385. The van der Waals surface area contributed by atoms with Crippen LogP contribution in [-0.2, 0) is 30.3 Å². The molecule has 0 saturated heterocycles. The summed E-state index contributed by atoms with van der Waals surface area (Å²) in [6.07, 6.45) is -2.58. The molecule has 0 fully saturated rings. The summed E-state index contributed by atoms with van der Waals surface area (Å²) in [4.78, 5) is 44.0. The molecular weight excluding hydrogens is 620 g/mol. The third-order valence-electron chi connectivity index (χ3n) is 5.32. The molecule has 1 atom stereocenters. The van der Waals surface area contributed by atoms with Gasteiger partial charge in [-0.25, -0.2) is 9.59 Å². The average Bonchev–Trinajstić information content (AvgIpc) is 3.00. The van der Waals surface area contributed by atoms with Gasteiger partial charge in [-0.15, -0.1) is 0 Å². The summed E-state index contributed by atoms with van der Waals surface area (Å²) in [7, 11) is 0. The lowest BCUT2D eigenvalue weighted by Gasteiger charge is -2.18. The highest BCUT2D eigenvalue weighted by atomic mass is 16.7. The second kappa shape index (κ2) is 24.2. The number of rotatable bonds is 17. The summed E-state index contributed by atoms with van der Waals surface area (Å²) in [5.41, 5.74) is 0.664. The Hall–Kier alpha value is -5.12. The number of carbonyl (C=O) groups is 2. The van der Waals surface area contributed by atoms with E-state index in [4.69, 9.17) is 33.2 Å². The fourth-order valence-corrected chi connectivity index (χ4v) is 3.29. The number of nitro groups is 2. The van der Waals surface area contributed by atoms with E-state index in [-0.39, 0.29) is 92.2 Å². The summed E-state index contributed by atoms with van der Waals surface area (Å²) < 4.78 is 36.8. The van der Waals surface area contributed by atoms with Crippen molar-refractivity contribution in [1.82, 2.24) is 0 Å². The van der Waals surface area contributed by atoms with Crippen molar-refractivity contribution in [2.45, 2.75) is 42.4 Å². The van der Waals surface area contributed by atoms with Gasteiger partial charge < -0.3 is 33.2 Å². The number of benzene rings is 3. The minimum atomic E-state index is -1.01. The minimum Gasteiger partial charge on any atom is -0.432 e. The zero-order chi connectivity index (χ0) is 30.9. The molecule has 0 aromatic heterocycles. The summed E-state index contributed by atoms with van der Waals surface area (Å²) in [6, 6.07) is 19.3. The van der Waals surface area contributed by atoms with Crippen molar-refractivity contribution in [3.63, 3.8) is 0 Å². The predicted molar refractivity (Wildman–Crippen MR) is 174 cm³/mol. The first kappa shape index (κ1) is 44.0. The Labute approximate surface area is 274 Å². The van der Waals surface area contributed by atoms with Gasteiger partial charge in [-0.3, -0.25) is 20.2 Å². The van der Waals surface area contributed by atoms with Gasteiger partial charge in [0.15, 0.2) is 0 Å². The molecule has 0 saturated carbocycles. The van der Waals surface area contributed by atoms with Gasteiger partial charge in [-0.1, -0.05) is 60.0 Å². The van der Waals surface area contributed by atoms with Gasteiger partial charge in [-0.2, -0.15) is 0 Å². The molecule has 0 aliphatic heterocycles. The van der Waals surface area contributed by atoms with Crippen LogP contribution in [0.25, 0.3) is 0 Å². The molecule has 3 rings (SSSR count). The van der Waals surface area contributed by atoms with Crippen LogP contribution in [0.3, 0.4) is 0 Å². The first-order valence-corrected chi connectivity index (χ1v) is 12.8. The second-order valence-corrected chi connectivity index (χ2v) is 8.47. The Morgan fingerprint density at radius 2 is 1.04 bits per heavy atom. The Kier molecular flexibility index (Phi) is 22.6. The molecule has 15 nitrogen and oxygen atoms in total. The zero-order valence-electron chi connectivity index (χ0n) is 22.7. The van der Waals surface area contributed by atoms with Gasteiger partial charge in [0.05, 0.1) is 42.9 Å². The lowest BCUT2D eigenvalue weighted by atomic mass is 10.2. The van der Waals surface area contributed by atoms with E-state index < -0.39 is 28.3 Å². The third kappa shape index (κ3) is 17.2. The monoisotopic (exact) mass is 664 g/mol. The van der Waals surface area contributed by atoms with Crippen molar-refractivity contribution >= 4 is 23.7 Å². The highest BCUT2D eigenvalue weighted by Crippen LogP contribution is 2.18. The van der Waals surface area contributed by atoms with E-state index in [0.29, 0.717) is 6.61 Å². The van der Waals surface area contributed by atoms with E-state index in [1.807, 2.05) is 30.3 Å². The van der Waals surface area contributed by atoms with Crippen LogP contribution >= 0.6 is 0 Å². The van der Waals surface area contributed by atoms with Crippen molar-refractivity contribution < 1.29 is 52.6 Å². The highest BCUT2D eigenvalue weighted by molar-refractivity contribution is 5.64. The minimum absolute atomic E-state index is 0. The molecule has 0 radical (unpaired) electrons. The third-order valence-corrected chi connectivity index (χ3v) is 5.32. The molecule has 0 aliphatic rings. The standard InChI is InChI=1S/C28H28N2O13.4CH4/c31-27(42-24-10-6-22(7-11-24)29(33)34)40-15-14-37-19-26(20-38-18-21-4-2-1-3-5-21)39-16-17-41-28(32)43-25-12-8-23(9-13-25)30(35)36;;;;/h1-13,26H,14-20H2;4*1H4.